The van der Waals surface area contributed by atoms with Crippen molar-refractivity contribution in [2.45, 2.75) is 0 Å². The molecule has 0 saturated carbocycles. The SMILES string of the molecule is O=Cc1ccc(C#Cc2cc(C#Cc3ccc(C=O)cc3)c3ccc4c(C#Cc5ccc(C=O)cc5)cc(C#Cc5ccc(C=O)cc5)c5ccc2c3c54)cc1. The lowest BCUT2D eigenvalue weighted by Gasteiger charge is -2.16. The maximum atomic E-state index is 11.3. The second kappa shape index (κ2) is 15.4. The highest BCUT2D eigenvalue weighted by atomic mass is 16.1. The van der Waals surface area contributed by atoms with Crippen LogP contribution in [0.1, 0.15) is 85.9 Å². The van der Waals surface area contributed by atoms with Gasteiger partial charge in [-0.1, -0.05) is 120 Å². The molecule has 4 nitrogen and oxygen atoms in total. The molecule has 0 unspecified atom stereocenters. The molecule has 0 radical (unpaired) electrons. The molecule has 0 atom stereocenters. The second-order valence-corrected chi connectivity index (χ2v) is 13.0. The average molecular weight is 715 g/mol. The molecule has 0 spiro atoms. The lowest BCUT2D eigenvalue weighted by molar-refractivity contribution is 0.111. The number of rotatable bonds is 4. The molecule has 8 aromatic rings. The van der Waals surface area contributed by atoms with Crippen LogP contribution in [-0.4, -0.2) is 25.1 Å². The van der Waals surface area contributed by atoms with E-state index in [1.807, 2.05) is 60.7 Å². The van der Waals surface area contributed by atoms with Crippen LogP contribution in [0.25, 0.3) is 32.3 Å². The van der Waals surface area contributed by atoms with Crippen molar-refractivity contribution in [1.82, 2.24) is 0 Å². The van der Waals surface area contributed by atoms with E-state index in [0.29, 0.717) is 22.3 Å². The molecule has 0 aliphatic heterocycles. The predicted octanol–water partition coefficient (Wildman–Crippen LogP) is 9.43. The zero-order chi connectivity index (χ0) is 38.4. The van der Waals surface area contributed by atoms with Crippen molar-refractivity contribution in [3.63, 3.8) is 0 Å². The Morgan fingerprint density at radius 3 is 0.679 bits per heavy atom. The number of hydrogen-bond donors (Lipinski definition) is 0. The lowest BCUT2D eigenvalue weighted by Crippen LogP contribution is -1.95. The minimum absolute atomic E-state index is 0.575. The first-order chi connectivity index (χ1) is 27.5. The first-order valence-electron chi connectivity index (χ1n) is 17.6. The van der Waals surface area contributed by atoms with Crippen LogP contribution in [0, 0.1) is 47.4 Å². The fraction of sp³-hybridized carbons (Fsp3) is 0. The topological polar surface area (TPSA) is 68.3 Å². The van der Waals surface area contributed by atoms with Gasteiger partial charge in [-0.2, -0.15) is 0 Å². The van der Waals surface area contributed by atoms with Crippen molar-refractivity contribution in [3.8, 4) is 47.4 Å². The third kappa shape index (κ3) is 7.07. The molecule has 4 heteroatoms. The van der Waals surface area contributed by atoms with Gasteiger partial charge in [-0.05, 0) is 93.0 Å². The standard InChI is InChI=1S/C52H26O4/c53-31-39-9-1-35(2-10-39)17-21-43-29-44(22-18-36-3-11-40(32-54)12-4-36)48-27-28-50-46(24-20-38-7-15-42(34-56)16-8-38)30-45(49-26-25-47(43)51(48)52(49)50)23-19-37-5-13-41(33-55)14-6-37/h1-16,25-34H. The molecule has 56 heavy (non-hydrogen) atoms. The summed E-state index contributed by atoms with van der Waals surface area (Å²) in [6, 6.07) is 40.8. The minimum Gasteiger partial charge on any atom is -0.298 e. The van der Waals surface area contributed by atoms with Gasteiger partial charge in [0.2, 0.25) is 0 Å². The molecule has 0 bridgehead atoms. The molecule has 0 saturated heterocycles. The summed E-state index contributed by atoms with van der Waals surface area (Å²) in [5.41, 5.74) is 8.48. The van der Waals surface area contributed by atoms with Crippen LogP contribution in [-0.2, 0) is 0 Å². The fourth-order valence-electron chi connectivity index (χ4n) is 6.54. The third-order valence-electron chi connectivity index (χ3n) is 9.45. The average Bonchev–Trinajstić information content (AvgIpc) is 3.26. The number of aldehydes is 4. The Balaban J connectivity index is 1.39. The van der Waals surface area contributed by atoms with Gasteiger partial charge in [0.1, 0.15) is 25.1 Å². The van der Waals surface area contributed by atoms with E-state index in [1.54, 1.807) is 48.5 Å². The van der Waals surface area contributed by atoms with Gasteiger partial charge >= 0.3 is 0 Å². The summed E-state index contributed by atoms with van der Waals surface area (Å²) in [4.78, 5) is 45.0. The van der Waals surface area contributed by atoms with Crippen molar-refractivity contribution in [1.29, 1.82) is 0 Å². The van der Waals surface area contributed by atoms with Crippen LogP contribution in [0.3, 0.4) is 0 Å². The van der Waals surface area contributed by atoms with E-state index < -0.39 is 0 Å². The molecule has 0 fully saturated rings. The molecule has 0 N–H and O–H groups in total. The summed E-state index contributed by atoms with van der Waals surface area (Å²) in [6.07, 6.45) is 3.22. The van der Waals surface area contributed by atoms with Crippen LogP contribution in [0.4, 0.5) is 0 Å². The monoisotopic (exact) mass is 714 g/mol. The van der Waals surface area contributed by atoms with Gasteiger partial charge in [-0.25, -0.2) is 0 Å². The van der Waals surface area contributed by atoms with Crippen molar-refractivity contribution in [2.24, 2.45) is 0 Å². The quantitative estimate of drug-likeness (QED) is 0.104. The largest absolute Gasteiger partial charge is 0.298 e. The molecular weight excluding hydrogens is 689 g/mol. The van der Waals surface area contributed by atoms with E-state index in [0.717, 1.165) is 102 Å². The predicted molar refractivity (Wildman–Crippen MR) is 221 cm³/mol. The third-order valence-corrected chi connectivity index (χ3v) is 9.45. The maximum Gasteiger partial charge on any atom is 0.150 e. The van der Waals surface area contributed by atoms with Crippen molar-refractivity contribution >= 4 is 57.5 Å². The zero-order valence-electron chi connectivity index (χ0n) is 29.6. The Kier molecular flexibility index (Phi) is 9.55. The highest BCUT2D eigenvalue weighted by molar-refractivity contribution is 6.26. The smallest absolute Gasteiger partial charge is 0.150 e. The molecule has 0 aliphatic rings. The summed E-state index contributed by atoms with van der Waals surface area (Å²) >= 11 is 0. The van der Waals surface area contributed by atoms with Gasteiger partial charge < -0.3 is 0 Å². The van der Waals surface area contributed by atoms with Crippen LogP contribution in [0.5, 0.6) is 0 Å². The van der Waals surface area contributed by atoms with E-state index >= 15 is 0 Å². The van der Waals surface area contributed by atoms with Crippen LogP contribution in [0.15, 0.2) is 133 Å². The van der Waals surface area contributed by atoms with Crippen molar-refractivity contribution < 1.29 is 19.2 Å². The van der Waals surface area contributed by atoms with Crippen LogP contribution < -0.4 is 0 Å². The van der Waals surface area contributed by atoms with Gasteiger partial charge in [0, 0.05) is 66.8 Å². The summed E-state index contributed by atoms with van der Waals surface area (Å²) in [5, 5.41) is 5.70. The van der Waals surface area contributed by atoms with E-state index in [-0.39, 0.29) is 0 Å². The van der Waals surface area contributed by atoms with Crippen molar-refractivity contribution in [2.75, 3.05) is 0 Å². The van der Waals surface area contributed by atoms with Gasteiger partial charge in [-0.3, -0.25) is 19.2 Å². The van der Waals surface area contributed by atoms with E-state index in [1.165, 1.54) is 0 Å². The van der Waals surface area contributed by atoms with Crippen LogP contribution >= 0.6 is 0 Å². The number of hydrogen-bond acceptors (Lipinski definition) is 4. The number of carbonyl (C=O) groups excluding carboxylic acids is 4. The van der Waals surface area contributed by atoms with Gasteiger partial charge in [0.15, 0.2) is 0 Å². The summed E-state index contributed by atoms with van der Waals surface area (Å²) < 4.78 is 0. The fourth-order valence-corrected chi connectivity index (χ4v) is 6.54. The van der Waals surface area contributed by atoms with Crippen LogP contribution in [0.2, 0.25) is 0 Å². The first kappa shape index (κ1) is 34.8. The Labute approximate surface area is 323 Å². The summed E-state index contributed by atoms with van der Waals surface area (Å²) in [5.74, 6) is 26.7. The number of carbonyl (C=O) groups is 4. The Morgan fingerprint density at radius 1 is 0.268 bits per heavy atom. The highest BCUT2D eigenvalue weighted by Crippen LogP contribution is 2.40. The Bertz CT molecular complexity index is 2700. The molecule has 8 rings (SSSR count). The molecule has 0 amide bonds. The molecule has 8 aromatic carbocycles. The lowest BCUT2D eigenvalue weighted by atomic mass is 9.86. The second-order valence-electron chi connectivity index (χ2n) is 13.0. The first-order valence-corrected chi connectivity index (χ1v) is 17.6. The van der Waals surface area contributed by atoms with Gasteiger partial charge in [-0.15, -0.1) is 0 Å². The molecule has 0 aromatic heterocycles. The van der Waals surface area contributed by atoms with E-state index in [9.17, 15) is 19.2 Å². The summed E-state index contributed by atoms with van der Waals surface area (Å²) in [6.45, 7) is 0. The molecular formula is C52H26O4. The van der Waals surface area contributed by atoms with E-state index in [4.69, 9.17) is 0 Å². The zero-order valence-corrected chi connectivity index (χ0v) is 29.6. The number of benzene rings is 8. The van der Waals surface area contributed by atoms with Gasteiger partial charge in [0.05, 0.1) is 0 Å². The van der Waals surface area contributed by atoms with Gasteiger partial charge in [0.25, 0.3) is 0 Å². The highest BCUT2D eigenvalue weighted by Gasteiger charge is 2.17. The molecule has 0 heterocycles. The molecule has 0 aliphatic carbocycles. The maximum absolute atomic E-state index is 11.3. The van der Waals surface area contributed by atoms with E-state index in [2.05, 4.69) is 71.6 Å². The summed E-state index contributed by atoms with van der Waals surface area (Å²) in [7, 11) is 0. The molecule has 258 valence electrons. The Hall–Kier alpha value is -8.28. The minimum atomic E-state index is 0.575. The Morgan fingerprint density at radius 2 is 0.482 bits per heavy atom. The normalized spacial score (nSPS) is 10.2. The van der Waals surface area contributed by atoms with Crippen molar-refractivity contribution in [3.05, 3.63) is 200 Å².